The number of nitrogens with one attached hydrogen (secondary N) is 1. The van der Waals surface area contributed by atoms with Crippen molar-refractivity contribution in [2.75, 3.05) is 11.9 Å². The van der Waals surface area contributed by atoms with Crippen LogP contribution in [-0.2, 0) is 4.79 Å². The van der Waals surface area contributed by atoms with E-state index in [4.69, 9.17) is 16.3 Å². The van der Waals surface area contributed by atoms with Gasteiger partial charge in [-0.2, -0.15) is 0 Å². The third-order valence-electron chi connectivity index (χ3n) is 3.41. The molecule has 114 valence electrons. The molecule has 1 atom stereocenters. The minimum absolute atomic E-state index is 0.0608. The van der Waals surface area contributed by atoms with E-state index in [1.54, 1.807) is 12.1 Å². The Bertz CT molecular complexity index is 526. The van der Waals surface area contributed by atoms with Crippen LogP contribution in [0.2, 0.25) is 5.02 Å². The van der Waals surface area contributed by atoms with Gasteiger partial charge in [-0.05, 0) is 43.4 Å². The molecular formula is C17H22ClNO2. The molecule has 0 aromatic heterocycles. The van der Waals surface area contributed by atoms with Gasteiger partial charge < -0.3 is 10.1 Å². The van der Waals surface area contributed by atoms with Crippen LogP contribution >= 0.6 is 11.6 Å². The van der Waals surface area contributed by atoms with Crippen molar-refractivity contribution < 1.29 is 9.53 Å². The highest BCUT2D eigenvalue weighted by Crippen LogP contribution is 2.29. The van der Waals surface area contributed by atoms with Crippen molar-refractivity contribution in [3.8, 4) is 5.75 Å². The SMILES string of the molecule is CC(C)COc1ccc(NC(=O)[C@H]2CC=CCC2)cc1Cl. The Kier molecular flexibility index (Phi) is 5.68. The van der Waals surface area contributed by atoms with Crippen LogP contribution in [0.15, 0.2) is 30.4 Å². The molecule has 0 heterocycles. The van der Waals surface area contributed by atoms with Crippen LogP contribution in [-0.4, -0.2) is 12.5 Å². The molecule has 1 amide bonds. The molecule has 0 spiro atoms. The lowest BCUT2D eigenvalue weighted by Crippen LogP contribution is -2.23. The predicted molar refractivity (Wildman–Crippen MR) is 86.9 cm³/mol. The summed E-state index contributed by atoms with van der Waals surface area (Å²) in [6.07, 6.45) is 6.90. The molecule has 3 nitrogen and oxygen atoms in total. The van der Waals surface area contributed by atoms with Crippen LogP contribution in [0.4, 0.5) is 5.69 Å². The minimum Gasteiger partial charge on any atom is -0.492 e. The quantitative estimate of drug-likeness (QED) is 0.803. The number of anilines is 1. The first-order valence-electron chi connectivity index (χ1n) is 7.44. The van der Waals surface area contributed by atoms with E-state index < -0.39 is 0 Å². The van der Waals surface area contributed by atoms with Gasteiger partial charge in [0.05, 0.1) is 11.6 Å². The highest BCUT2D eigenvalue weighted by Gasteiger charge is 2.19. The van der Waals surface area contributed by atoms with Crippen molar-refractivity contribution in [2.24, 2.45) is 11.8 Å². The van der Waals surface area contributed by atoms with Gasteiger partial charge in [0, 0.05) is 11.6 Å². The van der Waals surface area contributed by atoms with Gasteiger partial charge in [0.25, 0.3) is 0 Å². The number of amides is 1. The summed E-state index contributed by atoms with van der Waals surface area (Å²) >= 11 is 6.19. The van der Waals surface area contributed by atoms with E-state index in [-0.39, 0.29) is 11.8 Å². The Balaban J connectivity index is 1.96. The zero-order chi connectivity index (χ0) is 15.2. The summed E-state index contributed by atoms with van der Waals surface area (Å²) in [4.78, 5) is 12.2. The number of rotatable bonds is 5. The van der Waals surface area contributed by atoms with Gasteiger partial charge in [-0.1, -0.05) is 37.6 Å². The van der Waals surface area contributed by atoms with Gasteiger partial charge in [0.1, 0.15) is 5.75 Å². The highest BCUT2D eigenvalue weighted by atomic mass is 35.5. The summed E-state index contributed by atoms with van der Waals surface area (Å²) in [6, 6.07) is 5.38. The molecule has 0 saturated carbocycles. The first-order chi connectivity index (χ1) is 10.1. The van der Waals surface area contributed by atoms with Crippen LogP contribution in [0, 0.1) is 11.8 Å². The van der Waals surface area contributed by atoms with Crippen LogP contribution in [0.25, 0.3) is 0 Å². The lowest BCUT2D eigenvalue weighted by molar-refractivity contribution is -0.120. The molecule has 1 aliphatic rings. The van der Waals surface area contributed by atoms with Crippen molar-refractivity contribution in [3.63, 3.8) is 0 Å². The van der Waals surface area contributed by atoms with E-state index >= 15 is 0 Å². The van der Waals surface area contributed by atoms with Crippen LogP contribution in [0.1, 0.15) is 33.1 Å². The Hall–Kier alpha value is -1.48. The number of hydrogen-bond donors (Lipinski definition) is 1. The zero-order valence-electron chi connectivity index (χ0n) is 12.6. The molecule has 0 saturated heterocycles. The monoisotopic (exact) mass is 307 g/mol. The van der Waals surface area contributed by atoms with E-state index in [0.29, 0.717) is 23.3 Å². The summed E-state index contributed by atoms with van der Waals surface area (Å²) in [6.45, 7) is 4.79. The summed E-state index contributed by atoms with van der Waals surface area (Å²) in [7, 11) is 0. The number of carbonyl (C=O) groups excluding carboxylic acids is 1. The molecule has 0 fully saturated rings. The van der Waals surface area contributed by atoms with E-state index in [1.165, 1.54) is 0 Å². The number of allylic oxidation sites excluding steroid dienone is 2. The van der Waals surface area contributed by atoms with E-state index in [2.05, 4.69) is 31.3 Å². The summed E-state index contributed by atoms with van der Waals surface area (Å²) in [5.74, 6) is 1.22. The maximum Gasteiger partial charge on any atom is 0.227 e. The molecule has 1 aromatic carbocycles. The van der Waals surface area contributed by atoms with E-state index in [1.807, 2.05) is 6.07 Å². The van der Waals surface area contributed by atoms with Crippen molar-refractivity contribution in [1.29, 1.82) is 0 Å². The zero-order valence-corrected chi connectivity index (χ0v) is 13.3. The highest BCUT2D eigenvalue weighted by molar-refractivity contribution is 6.32. The molecule has 0 unspecified atom stereocenters. The Morgan fingerprint density at radius 1 is 1.43 bits per heavy atom. The van der Waals surface area contributed by atoms with Crippen molar-refractivity contribution in [3.05, 3.63) is 35.4 Å². The van der Waals surface area contributed by atoms with Crippen molar-refractivity contribution in [2.45, 2.75) is 33.1 Å². The topological polar surface area (TPSA) is 38.3 Å². The number of benzene rings is 1. The molecule has 1 N–H and O–H groups in total. The smallest absolute Gasteiger partial charge is 0.227 e. The Morgan fingerprint density at radius 2 is 2.24 bits per heavy atom. The van der Waals surface area contributed by atoms with Gasteiger partial charge in [-0.25, -0.2) is 0 Å². The normalized spacial score (nSPS) is 17.8. The fourth-order valence-electron chi connectivity index (χ4n) is 2.23. The molecule has 2 rings (SSSR count). The summed E-state index contributed by atoms with van der Waals surface area (Å²) in [5.41, 5.74) is 0.719. The lowest BCUT2D eigenvalue weighted by atomic mass is 9.93. The van der Waals surface area contributed by atoms with E-state index in [0.717, 1.165) is 24.9 Å². The molecule has 0 radical (unpaired) electrons. The van der Waals surface area contributed by atoms with Gasteiger partial charge in [-0.15, -0.1) is 0 Å². The first kappa shape index (κ1) is 15.9. The first-order valence-corrected chi connectivity index (χ1v) is 7.82. The lowest BCUT2D eigenvalue weighted by Gasteiger charge is -2.17. The predicted octanol–water partition coefficient (Wildman–Crippen LogP) is 4.67. The summed E-state index contributed by atoms with van der Waals surface area (Å²) in [5, 5.41) is 3.46. The fourth-order valence-corrected chi connectivity index (χ4v) is 2.46. The molecular weight excluding hydrogens is 286 g/mol. The van der Waals surface area contributed by atoms with Gasteiger partial charge >= 0.3 is 0 Å². The maximum atomic E-state index is 12.2. The maximum absolute atomic E-state index is 12.2. The standard InChI is InChI=1S/C17H22ClNO2/c1-12(2)11-21-16-9-8-14(10-15(16)18)19-17(20)13-6-4-3-5-7-13/h3-4,8-10,12-13H,5-7,11H2,1-2H3,(H,19,20)/t13-/m0/s1. The molecule has 0 aliphatic heterocycles. The Labute approximate surface area is 131 Å². The second-order valence-corrected chi connectivity index (χ2v) is 6.23. The Morgan fingerprint density at radius 3 is 2.86 bits per heavy atom. The van der Waals surface area contributed by atoms with Crippen LogP contribution < -0.4 is 10.1 Å². The third-order valence-corrected chi connectivity index (χ3v) is 3.71. The molecule has 4 heteroatoms. The average Bonchev–Trinajstić information content (AvgIpc) is 2.47. The van der Waals surface area contributed by atoms with Crippen molar-refractivity contribution >= 4 is 23.2 Å². The van der Waals surface area contributed by atoms with Crippen LogP contribution in [0.3, 0.4) is 0 Å². The second kappa shape index (κ2) is 7.51. The second-order valence-electron chi connectivity index (χ2n) is 5.82. The van der Waals surface area contributed by atoms with Gasteiger partial charge in [0.15, 0.2) is 0 Å². The molecule has 1 aromatic rings. The molecule has 21 heavy (non-hydrogen) atoms. The average molecular weight is 308 g/mol. The fraction of sp³-hybridized carbons (Fsp3) is 0.471. The number of ether oxygens (including phenoxy) is 1. The minimum atomic E-state index is 0.0608. The van der Waals surface area contributed by atoms with Crippen molar-refractivity contribution in [1.82, 2.24) is 0 Å². The summed E-state index contributed by atoms with van der Waals surface area (Å²) < 4.78 is 5.62. The van der Waals surface area contributed by atoms with Gasteiger partial charge in [0.2, 0.25) is 5.91 Å². The van der Waals surface area contributed by atoms with Gasteiger partial charge in [-0.3, -0.25) is 4.79 Å². The van der Waals surface area contributed by atoms with Crippen LogP contribution in [0.5, 0.6) is 5.75 Å². The molecule has 1 aliphatic carbocycles. The number of carbonyl (C=O) groups is 1. The van der Waals surface area contributed by atoms with E-state index in [9.17, 15) is 4.79 Å². The third kappa shape index (κ3) is 4.78. The number of halogens is 1. The number of hydrogen-bond acceptors (Lipinski definition) is 2. The molecule has 0 bridgehead atoms. The largest absolute Gasteiger partial charge is 0.492 e.